The minimum Gasteiger partial charge on any atom is -0.635 e. The first-order valence-electron chi connectivity index (χ1n) is 38.7. The van der Waals surface area contributed by atoms with Crippen molar-refractivity contribution in [3.05, 3.63) is 311 Å². The molecule has 10 aromatic carbocycles. The Labute approximate surface area is 811 Å². The molecule has 10 aromatic rings. The first-order valence-corrected chi connectivity index (χ1v) is 52.8. The molecule has 0 N–H and O–H groups in total. The van der Waals surface area contributed by atoms with Crippen molar-refractivity contribution in [3.63, 3.8) is 0 Å². The Balaban J connectivity index is 0.000000238. The predicted octanol–water partition coefficient (Wildman–Crippen LogP) is 11.7. The van der Waals surface area contributed by atoms with E-state index in [2.05, 4.69) is 252 Å². The van der Waals surface area contributed by atoms with E-state index in [1.54, 1.807) is 36.4 Å². The number of carbonyl (C=O) groups is 8. The topological polar surface area (TPSA) is 303 Å². The largest absolute Gasteiger partial charge is 1.00 e. The van der Waals surface area contributed by atoms with Gasteiger partial charge in [-0.1, -0.05) is 219 Å². The number of hydrogen-bond acceptors (Lipinski definition) is 20. The first kappa shape index (κ1) is 106. The average molecular weight is 1940 g/mol. The summed E-state index contributed by atoms with van der Waals surface area (Å²) in [7, 11) is 1.96. The molecule has 0 saturated carbocycles. The summed E-state index contributed by atoms with van der Waals surface area (Å²) in [5.74, 6) is 0.569. The molecule has 0 spiro atoms. The molecule has 0 radical (unpaired) electrons. The van der Waals surface area contributed by atoms with Crippen molar-refractivity contribution < 1.29 is 117 Å². The van der Waals surface area contributed by atoms with Gasteiger partial charge >= 0.3 is 59.6 Å². The van der Waals surface area contributed by atoms with Gasteiger partial charge in [0.2, 0.25) is 70.8 Å². The fourth-order valence-corrected chi connectivity index (χ4v) is 27.3. The second-order valence-corrected chi connectivity index (χ2v) is 48.0. The standard InChI is InChI=1S/C31H29NO2SSi.C18H16SSi.C13H14ClNO4S.C13H15NO2S.C13H13NO2.C3H3Cl2N.Cl2O2S.K.HNO3/c1-24-23-26(32-30(33)19-20-31(32)34)18-17-25(24)21-22-35-36(27-11-5-2-6-12-27,28-13-7-3-8-14-28)29-15-9-4-10-16-29;19-20(16-10-4-1-5-11-16,17-12-6-2-7-13-17)18-14-8-3-9-15-18;1-9-8-11(15-12(16)4-5-13(15)17)3-2-10(9)6-7-20(14,18)19;1-9-8-11(3-2-10(9)6-7-17)14-12(15)4-5-13(14)16;1-3-10-4-5-11(8-9(10)2)14-12(15)6-7-13(14)16;4-3(5)1-2-6;1-5(2,3)4;;2-1-4-3/h2-18,23H,19-22H2,1H3;1-15,19H;2-3,8H,4-7H2,1H3;2-3,8,17H,4-7H2,1H3;3-5,8H,1,6-7H2,2H3;3H,1H2;;;3H/q;;;;;;;+1;/p-1. The monoisotopic (exact) mass is 1940 g/mol. The number of nitrogens with zero attached hydrogens (tertiary/aromatic N) is 6. The molecule has 4 heterocycles. The normalized spacial score (nSPS) is 13.5. The van der Waals surface area contributed by atoms with Gasteiger partial charge in [0.15, 0.2) is 0 Å². The van der Waals surface area contributed by atoms with Crippen LogP contribution in [-0.2, 0) is 79.9 Å². The van der Waals surface area contributed by atoms with Crippen molar-refractivity contribution in [2.24, 2.45) is 5.34 Å². The van der Waals surface area contributed by atoms with E-state index in [1.807, 2.05) is 63.2 Å². The van der Waals surface area contributed by atoms with Crippen LogP contribution in [0.5, 0.6) is 0 Å². The smallest absolute Gasteiger partial charge is 0.635 e. The molecule has 4 aliphatic heterocycles. The van der Waals surface area contributed by atoms with E-state index in [9.17, 15) is 46.8 Å². The minimum absolute atomic E-state index is 0. The van der Waals surface area contributed by atoms with Crippen LogP contribution < -0.4 is 107 Å². The van der Waals surface area contributed by atoms with Crippen LogP contribution in [0, 0.1) is 43.9 Å². The fraction of sp³-hybridized carbons (Fsp3) is 0.220. The van der Waals surface area contributed by atoms with E-state index in [0.29, 0.717) is 67.7 Å². The number of anilines is 4. The van der Waals surface area contributed by atoms with E-state index < -0.39 is 36.6 Å². The number of thiol groups is 2. The Kier molecular flexibility index (Phi) is 44.2. The molecule has 125 heavy (non-hydrogen) atoms. The molecule has 8 amide bonds. The third kappa shape index (κ3) is 31.6. The molecule has 4 fully saturated rings. The van der Waals surface area contributed by atoms with Crippen molar-refractivity contribution in [2.75, 3.05) is 36.9 Å². The maximum absolute atomic E-state index is 12.2. The second kappa shape index (κ2) is 52.3. The number of imide groups is 4. The molecular weight excluding hydrogens is 1850 g/mol. The number of carbonyl (C=O) groups excluding carboxylic acids is 8. The van der Waals surface area contributed by atoms with E-state index >= 15 is 0 Å². The van der Waals surface area contributed by atoms with Gasteiger partial charge in [0.1, 0.15) is 10.2 Å². The Hall–Kier alpha value is -8.18. The Morgan fingerprint density at radius 2 is 0.720 bits per heavy atom. The van der Waals surface area contributed by atoms with Crippen LogP contribution in [0.4, 0.5) is 22.7 Å². The van der Waals surface area contributed by atoms with Crippen LogP contribution >= 0.6 is 91.2 Å². The second-order valence-electron chi connectivity index (χ2n) is 28.0. The van der Waals surface area contributed by atoms with Gasteiger partial charge in [-0.25, -0.2) is 8.42 Å². The Morgan fingerprint density at radius 1 is 0.464 bits per heavy atom. The molecule has 0 aromatic heterocycles. The first-order chi connectivity index (χ1) is 59.1. The molecule has 21 nitrogen and oxygen atoms in total. The summed E-state index contributed by atoms with van der Waals surface area (Å²) in [6.45, 7) is 11.5. The average Bonchev–Trinajstić information content (AvgIpc) is 1.74. The molecule has 0 aliphatic carbocycles. The molecule has 0 atom stereocenters. The number of alkyl halides is 2. The van der Waals surface area contributed by atoms with Crippen molar-refractivity contribution >= 4 is 230 Å². The SMILES string of the molecule is C=Cc1ccc(N2C(=O)CCC2=O)cc1C.Cc1cc(N2C(=O)CCC2=O)ccc1CCS.Cc1cc(N2C(=O)CCC2=O)ccc1CCS(=O)(=O)Cl.Cc1cc(N2C(=O)CCC2=O)ccc1CCS[Si](c1ccccc1)(c1ccccc1)c1ccccc1.N#CCC(Cl)Cl.O=NO[O-].O=S(=O)(Cl)Cl.S[Si](c1ccccc1)(c1ccccc1)c1ccccc1.[K+]. The van der Waals surface area contributed by atoms with E-state index in [-0.39, 0.29) is 124 Å². The van der Waals surface area contributed by atoms with E-state index in [0.717, 1.165) is 57.7 Å². The predicted molar refractivity (Wildman–Crippen MR) is 509 cm³/mol. The number of hydrogen-bond donors (Lipinski definition) is 2. The van der Waals surface area contributed by atoms with Gasteiger partial charge in [0.25, 0.3) is 0 Å². The van der Waals surface area contributed by atoms with Crippen molar-refractivity contribution in [1.29, 1.82) is 5.26 Å². The number of benzene rings is 10. The van der Waals surface area contributed by atoms with Crippen molar-refractivity contribution in [3.8, 4) is 6.07 Å². The van der Waals surface area contributed by atoms with Crippen LogP contribution in [0.1, 0.15) is 102 Å². The van der Waals surface area contributed by atoms with Crippen LogP contribution in [0.2, 0.25) is 0 Å². The van der Waals surface area contributed by atoms with Crippen LogP contribution in [0.15, 0.2) is 267 Å². The number of aryl methyl sites for hydroxylation is 7. The molecule has 0 bridgehead atoms. The maximum Gasteiger partial charge on any atom is 1.00 e. The molecule has 4 saturated heterocycles. The summed E-state index contributed by atoms with van der Waals surface area (Å²) >= 11 is 21.8. The van der Waals surface area contributed by atoms with Gasteiger partial charge in [0.05, 0.1) is 41.0 Å². The zero-order valence-electron chi connectivity index (χ0n) is 69.0. The van der Waals surface area contributed by atoms with Gasteiger partial charge < -0.3 is 10.2 Å². The van der Waals surface area contributed by atoms with Crippen molar-refractivity contribution in [2.45, 2.75) is 110 Å². The van der Waals surface area contributed by atoms with Crippen molar-refractivity contribution in [1.82, 2.24) is 0 Å². The van der Waals surface area contributed by atoms with Gasteiger partial charge in [-0.15, -0.1) is 28.1 Å². The minimum atomic E-state index is -3.72. The summed E-state index contributed by atoms with van der Waals surface area (Å²) in [6, 6.07) is 88.9. The number of halogens is 5. The molecule has 34 heteroatoms. The number of nitriles is 1. The van der Waals surface area contributed by atoms with Crippen LogP contribution in [0.25, 0.3) is 6.08 Å². The summed E-state index contributed by atoms with van der Waals surface area (Å²) in [5, 5.41) is 25.7. The molecule has 14 rings (SSSR count). The van der Waals surface area contributed by atoms with E-state index in [1.165, 1.54) is 67.2 Å². The summed E-state index contributed by atoms with van der Waals surface area (Å²) in [4.78, 5) is 109. The van der Waals surface area contributed by atoms with Gasteiger partial charge in [-0.3, -0.25) is 58.0 Å². The molecule has 648 valence electrons. The molecular formula is C91H90Cl5KN6O15S5Si2. The Bertz CT molecular complexity index is 5390. The third-order valence-electron chi connectivity index (χ3n) is 19.8. The quantitative estimate of drug-likeness (QED) is 0.00733. The summed E-state index contributed by atoms with van der Waals surface area (Å²) in [6.07, 6.45) is 6.48. The van der Waals surface area contributed by atoms with Crippen LogP contribution in [-0.4, -0.2) is 101 Å². The van der Waals surface area contributed by atoms with Gasteiger partial charge in [0, 0.05) is 83.4 Å². The third-order valence-corrected chi connectivity index (χ3v) is 35.6. The maximum atomic E-state index is 12.2. The fourth-order valence-electron chi connectivity index (χ4n) is 13.8. The molecule has 0 unspecified atom stereocenters. The van der Waals surface area contributed by atoms with Gasteiger partial charge in [-0.05, 0) is 183 Å². The zero-order chi connectivity index (χ0) is 90.7. The van der Waals surface area contributed by atoms with E-state index in [4.69, 9.17) is 69.8 Å². The van der Waals surface area contributed by atoms with Crippen LogP contribution in [0.3, 0.4) is 0 Å². The number of amides is 8. The Morgan fingerprint density at radius 3 is 0.944 bits per heavy atom. The molecule has 4 aliphatic rings. The summed E-state index contributed by atoms with van der Waals surface area (Å²) in [5.41, 5.74) is 11.0. The number of rotatable bonds is 22. The zero-order valence-corrected chi connectivity index (χ0v) is 82.2. The van der Waals surface area contributed by atoms with Gasteiger partial charge in [-0.2, -0.15) is 49.6 Å². The summed E-state index contributed by atoms with van der Waals surface area (Å²) < 4.78 is 40.2.